The molecule has 0 aromatic heterocycles. The van der Waals surface area contributed by atoms with Gasteiger partial charge in [-0.2, -0.15) is 0 Å². The van der Waals surface area contributed by atoms with E-state index in [1.807, 2.05) is 72.8 Å². The summed E-state index contributed by atoms with van der Waals surface area (Å²) in [5.74, 6) is -0.0257. The van der Waals surface area contributed by atoms with Crippen LogP contribution in [0.3, 0.4) is 0 Å². The lowest BCUT2D eigenvalue weighted by molar-refractivity contribution is 0.0476. The molecule has 0 saturated carbocycles. The highest BCUT2D eigenvalue weighted by Gasteiger charge is 2.39. The Morgan fingerprint density at radius 1 is 0.792 bits per heavy atom. The summed E-state index contributed by atoms with van der Waals surface area (Å²) in [5, 5.41) is 11.9. The summed E-state index contributed by atoms with van der Waals surface area (Å²) >= 11 is 3.49. The lowest BCUT2D eigenvalue weighted by atomic mass is 9.72. The molecule has 3 rings (SSSR count). The molecule has 0 aliphatic heterocycles. The second-order valence-corrected chi connectivity index (χ2v) is 6.93. The van der Waals surface area contributed by atoms with Crippen molar-refractivity contribution in [1.82, 2.24) is 0 Å². The van der Waals surface area contributed by atoms with Gasteiger partial charge in [0.15, 0.2) is 0 Å². The first-order valence-electron chi connectivity index (χ1n) is 8.25. The summed E-state index contributed by atoms with van der Waals surface area (Å²) in [7, 11) is 0. The predicted octanol–water partition coefficient (Wildman–Crippen LogP) is 5.88. The average Bonchev–Trinajstić information content (AvgIpc) is 2.64. The van der Waals surface area contributed by atoms with Gasteiger partial charge in [-0.1, -0.05) is 95.7 Å². The summed E-state index contributed by atoms with van der Waals surface area (Å²) in [5.41, 5.74) is 1.91. The molecule has 122 valence electrons. The van der Waals surface area contributed by atoms with Crippen molar-refractivity contribution in [2.75, 3.05) is 0 Å². The molecule has 2 heteroatoms. The third-order valence-electron chi connectivity index (χ3n) is 4.61. The Morgan fingerprint density at radius 2 is 1.29 bits per heavy atom. The lowest BCUT2D eigenvalue weighted by Crippen LogP contribution is -2.34. The van der Waals surface area contributed by atoms with E-state index in [9.17, 15) is 5.11 Å². The summed E-state index contributed by atoms with van der Waals surface area (Å²) in [6.07, 6.45) is 0.839. The van der Waals surface area contributed by atoms with Gasteiger partial charge < -0.3 is 5.11 Å². The van der Waals surface area contributed by atoms with Gasteiger partial charge in [0, 0.05) is 10.4 Å². The van der Waals surface area contributed by atoms with Crippen LogP contribution in [-0.2, 0) is 5.60 Å². The lowest BCUT2D eigenvalue weighted by Gasteiger charge is -2.37. The van der Waals surface area contributed by atoms with Crippen molar-refractivity contribution in [1.29, 1.82) is 0 Å². The number of rotatable bonds is 5. The van der Waals surface area contributed by atoms with Crippen molar-refractivity contribution >= 4 is 15.9 Å². The van der Waals surface area contributed by atoms with E-state index in [0.29, 0.717) is 0 Å². The molecule has 2 atom stereocenters. The molecule has 24 heavy (non-hydrogen) atoms. The molecule has 0 fully saturated rings. The normalized spacial score (nSPS) is 14.8. The third kappa shape index (κ3) is 3.17. The maximum Gasteiger partial charge on any atom is 0.121 e. The number of aliphatic hydroxyl groups is 1. The van der Waals surface area contributed by atoms with Crippen LogP contribution in [0.1, 0.15) is 36.0 Å². The van der Waals surface area contributed by atoms with Gasteiger partial charge in [0.25, 0.3) is 0 Å². The first kappa shape index (κ1) is 16.9. The standard InChI is InChI=1S/C22H21BrO/c1-2-21(17-9-5-3-6-10-17)22(24,18-11-7-4-8-12-18)19-13-15-20(23)16-14-19/h3-16,21,24H,2H2,1H3. The van der Waals surface area contributed by atoms with Crippen molar-refractivity contribution in [3.05, 3.63) is 106 Å². The van der Waals surface area contributed by atoms with Crippen LogP contribution >= 0.6 is 15.9 Å². The molecule has 0 aliphatic rings. The smallest absolute Gasteiger partial charge is 0.121 e. The van der Waals surface area contributed by atoms with Crippen molar-refractivity contribution in [3.8, 4) is 0 Å². The van der Waals surface area contributed by atoms with E-state index >= 15 is 0 Å². The highest BCUT2D eigenvalue weighted by Crippen LogP contribution is 2.44. The van der Waals surface area contributed by atoms with Gasteiger partial charge >= 0.3 is 0 Å². The Kier molecular flexibility index (Phi) is 5.17. The quantitative estimate of drug-likeness (QED) is 0.585. The predicted molar refractivity (Wildman–Crippen MR) is 103 cm³/mol. The van der Waals surface area contributed by atoms with Gasteiger partial charge in [-0.05, 0) is 35.2 Å². The summed E-state index contributed by atoms with van der Waals surface area (Å²) < 4.78 is 1.01. The van der Waals surface area contributed by atoms with E-state index in [4.69, 9.17) is 0 Å². The number of benzene rings is 3. The van der Waals surface area contributed by atoms with Crippen molar-refractivity contribution in [3.63, 3.8) is 0 Å². The van der Waals surface area contributed by atoms with Crippen molar-refractivity contribution in [2.45, 2.75) is 24.9 Å². The van der Waals surface area contributed by atoms with Crippen molar-refractivity contribution in [2.24, 2.45) is 0 Å². The van der Waals surface area contributed by atoms with Crippen LogP contribution in [0.2, 0.25) is 0 Å². The SMILES string of the molecule is CCC(c1ccccc1)C(O)(c1ccccc1)c1ccc(Br)cc1. The Morgan fingerprint density at radius 3 is 1.83 bits per heavy atom. The van der Waals surface area contributed by atoms with E-state index in [0.717, 1.165) is 27.6 Å². The van der Waals surface area contributed by atoms with Gasteiger partial charge in [-0.25, -0.2) is 0 Å². The molecule has 2 unspecified atom stereocenters. The maximum atomic E-state index is 11.9. The minimum atomic E-state index is -1.07. The van der Waals surface area contributed by atoms with Crippen LogP contribution < -0.4 is 0 Å². The van der Waals surface area contributed by atoms with Crippen LogP contribution in [0, 0.1) is 0 Å². The summed E-state index contributed by atoms with van der Waals surface area (Å²) in [4.78, 5) is 0. The average molecular weight is 381 g/mol. The van der Waals surface area contributed by atoms with Crippen molar-refractivity contribution < 1.29 is 5.11 Å². The zero-order valence-electron chi connectivity index (χ0n) is 13.7. The van der Waals surface area contributed by atoms with E-state index in [1.54, 1.807) is 0 Å². The topological polar surface area (TPSA) is 20.2 Å². The van der Waals surface area contributed by atoms with E-state index in [2.05, 4.69) is 35.0 Å². The second-order valence-electron chi connectivity index (χ2n) is 6.01. The Hall–Kier alpha value is -1.90. The largest absolute Gasteiger partial charge is 0.380 e. The molecule has 0 bridgehead atoms. The number of hydrogen-bond donors (Lipinski definition) is 1. The van der Waals surface area contributed by atoms with E-state index in [1.165, 1.54) is 0 Å². The van der Waals surface area contributed by atoms with Gasteiger partial charge in [-0.3, -0.25) is 0 Å². The fourth-order valence-corrected chi connectivity index (χ4v) is 3.69. The number of halogens is 1. The molecular weight excluding hydrogens is 360 g/mol. The van der Waals surface area contributed by atoms with Crippen LogP contribution in [0.25, 0.3) is 0 Å². The maximum absolute atomic E-state index is 11.9. The molecule has 0 amide bonds. The molecule has 3 aromatic rings. The molecule has 1 nitrogen and oxygen atoms in total. The van der Waals surface area contributed by atoms with Crippen LogP contribution in [-0.4, -0.2) is 5.11 Å². The highest BCUT2D eigenvalue weighted by atomic mass is 79.9. The molecule has 1 N–H and O–H groups in total. The zero-order chi connectivity index (χ0) is 17.0. The first-order valence-corrected chi connectivity index (χ1v) is 9.04. The molecular formula is C22H21BrO. The molecule has 0 radical (unpaired) electrons. The molecule has 0 saturated heterocycles. The zero-order valence-corrected chi connectivity index (χ0v) is 15.3. The molecule has 0 spiro atoms. The fraction of sp³-hybridized carbons (Fsp3) is 0.182. The second kappa shape index (κ2) is 7.33. The molecule has 0 aliphatic carbocycles. The Labute approximate surface area is 152 Å². The van der Waals surface area contributed by atoms with Crippen LogP contribution in [0.5, 0.6) is 0 Å². The van der Waals surface area contributed by atoms with Crippen LogP contribution in [0.4, 0.5) is 0 Å². The van der Waals surface area contributed by atoms with Gasteiger partial charge in [0.05, 0.1) is 0 Å². The van der Waals surface area contributed by atoms with Crippen LogP contribution in [0.15, 0.2) is 89.4 Å². The monoisotopic (exact) mass is 380 g/mol. The Bertz CT molecular complexity index is 768. The number of hydrogen-bond acceptors (Lipinski definition) is 1. The Balaban J connectivity index is 2.20. The fourth-order valence-electron chi connectivity index (χ4n) is 3.42. The van der Waals surface area contributed by atoms with E-state index in [-0.39, 0.29) is 5.92 Å². The van der Waals surface area contributed by atoms with Gasteiger partial charge in [-0.15, -0.1) is 0 Å². The third-order valence-corrected chi connectivity index (χ3v) is 5.14. The molecule has 0 heterocycles. The summed E-state index contributed by atoms with van der Waals surface area (Å²) in [6, 6.07) is 28.2. The summed E-state index contributed by atoms with van der Waals surface area (Å²) in [6.45, 7) is 2.13. The first-order chi connectivity index (χ1) is 11.7. The highest BCUT2D eigenvalue weighted by molar-refractivity contribution is 9.10. The van der Waals surface area contributed by atoms with Gasteiger partial charge in [0.2, 0.25) is 0 Å². The minimum absolute atomic E-state index is 0.0257. The minimum Gasteiger partial charge on any atom is -0.380 e. The van der Waals surface area contributed by atoms with Gasteiger partial charge in [0.1, 0.15) is 5.60 Å². The molecule has 3 aromatic carbocycles. The van der Waals surface area contributed by atoms with E-state index < -0.39 is 5.60 Å².